The van der Waals surface area contributed by atoms with Gasteiger partial charge in [0.05, 0.1) is 22.7 Å². The van der Waals surface area contributed by atoms with E-state index in [1.165, 1.54) is 11.9 Å². The fourth-order valence-electron chi connectivity index (χ4n) is 5.94. The minimum Gasteiger partial charge on any atom is -0.460 e. The maximum Gasteiger partial charge on any atom is 0.408 e. The van der Waals surface area contributed by atoms with Crippen molar-refractivity contribution in [2.75, 3.05) is 26.4 Å². The van der Waals surface area contributed by atoms with Crippen LogP contribution in [0, 0.1) is 11.3 Å². The molecule has 2 aromatic rings. The molecule has 0 bridgehead atoms. The molecule has 2 aliphatic heterocycles. The third kappa shape index (κ3) is 14.3. The summed E-state index contributed by atoms with van der Waals surface area (Å²) in [6.07, 6.45) is 3.42. The van der Waals surface area contributed by atoms with E-state index in [4.69, 9.17) is 63.8 Å². The van der Waals surface area contributed by atoms with Gasteiger partial charge in [-0.15, -0.1) is 0 Å². The van der Waals surface area contributed by atoms with Crippen molar-refractivity contribution in [1.82, 2.24) is 26.1 Å². The number of alkyl carbamates (subject to hydrolysis) is 1. The zero-order valence-electron chi connectivity index (χ0n) is 33.2. The van der Waals surface area contributed by atoms with Crippen LogP contribution in [0.15, 0.2) is 36.4 Å². The standard InChI is InChI=1S/C39H52Cl3N5O10/c1-23(44-36(52)55-37(3,4)5)28-13-12-26-11-10-25(21-30(26)45-28)14-17-38(6,7)35(51)57-56-31(27-15-19-53-20-16-27)32(48)43-24(2)33(49)47-18-8-9-29(46-47)34(50)54-22-39(40,41)42/h10-14,17,21,23-24,27,29,31,46H,8-9,15-16,18-20,22H2,1-7H3,(H,43,48)(H,44,52)/b17-14+/t23-,24+,29+,31+/m1/s1. The molecule has 4 rings (SSSR count). The molecule has 1 aromatic carbocycles. The molecule has 0 spiro atoms. The molecule has 2 saturated heterocycles. The highest BCUT2D eigenvalue weighted by Gasteiger charge is 2.38. The number of esters is 1. The number of fused-ring (bicyclic) bond motifs is 1. The number of benzene rings is 1. The molecule has 15 nitrogen and oxygen atoms in total. The highest BCUT2D eigenvalue weighted by Crippen LogP contribution is 2.28. The summed E-state index contributed by atoms with van der Waals surface area (Å²) < 4.78 is 14.1. The molecule has 2 aliphatic rings. The third-order valence-electron chi connectivity index (χ3n) is 9.16. The van der Waals surface area contributed by atoms with E-state index in [1.807, 2.05) is 37.3 Å². The number of alkyl halides is 3. The third-order valence-corrected chi connectivity index (χ3v) is 9.48. The number of hydrazine groups is 1. The van der Waals surface area contributed by atoms with Crippen LogP contribution in [0.5, 0.6) is 0 Å². The molecule has 1 aromatic heterocycles. The maximum absolute atomic E-state index is 13.6. The van der Waals surface area contributed by atoms with E-state index < -0.39 is 75.5 Å². The Hall–Kier alpha value is -3.73. The van der Waals surface area contributed by atoms with Crippen molar-refractivity contribution in [2.45, 2.75) is 108 Å². The van der Waals surface area contributed by atoms with Crippen LogP contribution < -0.4 is 16.1 Å². The Morgan fingerprint density at radius 3 is 2.35 bits per heavy atom. The molecule has 18 heteroatoms. The van der Waals surface area contributed by atoms with Crippen molar-refractivity contribution in [3.8, 4) is 0 Å². The van der Waals surface area contributed by atoms with E-state index >= 15 is 0 Å². The number of nitrogens with zero attached hydrogens (tertiary/aromatic N) is 2. The number of hydrogen-bond donors (Lipinski definition) is 3. The Morgan fingerprint density at radius 2 is 1.68 bits per heavy atom. The van der Waals surface area contributed by atoms with Crippen molar-refractivity contribution in [3.05, 3.63) is 47.7 Å². The summed E-state index contributed by atoms with van der Waals surface area (Å²) in [5.74, 6) is -2.97. The predicted molar refractivity (Wildman–Crippen MR) is 214 cm³/mol. The zero-order valence-corrected chi connectivity index (χ0v) is 35.5. The van der Waals surface area contributed by atoms with E-state index in [9.17, 15) is 24.0 Å². The first kappa shape index (κ1) is 46.0. The van der Waals surface area contributed by atoms with Gasteiger partial charge in [-0.1, -0.05) is 65.2 Å². The van der Waals surface area contributed by atoms with Crippen LogP contribution in [0.4, 0.5) is 4.79 Å². The van der Waals surface area contributed by atoms with Gasteiger partial charge in [0.1, 0.15) is 24.3 Å². The molecule has 3 heterocycles. The lowest BCUT2D eigenvalue weighted by Crippen LogP contribution is -2.60. The minimum atomic E-state index is -1.78. The molecule has 57 heavy (non-hydrogen) atoms. The first-order valence-corrected chi connectivity index (χ1v) is 19.9. The Labute approximate surface area is 347 Å². The monoisotopic (exact) mass is 855 g/mol. The summed E-state index contributed by atoms with van der Waals surface area (Å²) in [6, 6.07) is 7.08. The molecular weight excluding hydrogens is 805 g/mol. The SMILES string of the molecule is C[C@H](NC(=O)[C@@H](OOC(=O)C(C)(C)/C=C/c1ccc2ccc([C@@H](C)NC(=O)OC(C)(C)C)nc2c1)C1CCOCC1)C(=O)N1CCC[C@@H](C(=O)OCC(Cl)(Cl)Cl)N1. The average molecular weight is 857 g/mol. The van der Waals surface area contributed by atoms with Gasteiger partial charge in [0.2, 0.25) is 3.79 Å². The van der Waals surface area contributed by atoms with E-state index in [1.54, 1.807) is 46.8 Å². The van der Waals surface area contributed by atoms with Gasteiger partial charge in [0.25, 0.3) is 11.8 Å². The van der Waals surface area contributed by atoms with Crippen molar-refractivity contribution < 1.29 is 48.0 Å². The summed E-state index contributed by atoms with van der Waals surface area (Å²) in [7, 11) is 0. The lowest BCUT2D eigenvalue weighted by Gasteiger charge is -2.35. The Bertz CT molecular complexity index is 1790. The minimum absolute atomic E-state index is 0.274. The van der Waals surface area contributed by atoms with E-state index in [0.717, 1.165) is 10.9 Å². The highest BCUT2D eigenvalue weighted by molar-refractivity contribution is 6.67. The number of hydrogen-bond acceptors (Lipinski definition) is 12. The molecule has 3 amide bonds. The zero-order chi connectivity index (χ0) is 42.1. The van der Waals surface area contributed by atoms with Gasteiger partial charge in [-0.3, -0.25) is 29.3 Å². The number of pyridine rings is 1. The van der Waals surface area contributed by atoms with Crippen molar-refractivity contribution in [3.63, 3.8) is 0 Å². The van der Waals surface area contributed by atoms with Gasteiger partial charge in [-0.2, -0.15) is 4.89 Å². The van der Waals surface area contributed by atoms with Crippen LogP contribution in [0.25, 0.3) is 17.0 Å². The van der Waals surface area contributed by atoms with Crippen LogP contribution in [0.1, 0.15) is 91.4 Å². The van der Waals surface area contributed by atoms with E-state index in [-0.39, 0.29) is 12.5 Å². The number of aromatic nitrogens is 1. The van der Waals surface area contributed by atoms with Crippen molar-refractivity contribution in [1.29, 1.82) is 0 Å². The fraction of sp³-hybridized carbons (Fsp3) is 0.590. The molecule has 314 valence electrons. The molecule has 4 atom stereocenters. The maximum atomic E-state index is 13.6. The second kappa shape index (κ2) is 19.8. The van der Waals surface area contributed by atoms with Gasteiger partial charge in [0, 0.05) is 31.1 Å². The number of carbonyl (C=O) groups excluding carboxylic acids is 5. The van der Waals surface area contributed by atoms with Crippen molar-refractivity contribution >= 4 is 81.6 Å². The molecule has 2 fully saturated rings. The molecule has 0 unspecified atom stereocenters. The molecule has 0 radical (unpaired) electrons. The quantitative estimate of drug-likeness (QED) is 0.0920. The van der Waals surface area contributed by atoms with E-state index in [2.05, 4.69) is 16.1 Å². The lowest BCUT2D eigenvalue weighted by molar-refractivity contribution is -0.306. The van der Waals surface area contributed by atoms with Crippen molar-refractivity contribution in [2.24, 2.45) is 11.3 Å². The van der Waals surface area contributed by atoms with Crippen LogP contribution in [0.3, 0.4) is 0 Å². The number of carbonyl (C=O) groups is 5. The Balaban J connectivity index is 1.37. The number of halogens is 3. The van der Waals surface area contributed by atoms with Crippen LogP contribution in [0.2, 0.25) is 0 Å². The fourth-order valence-corrected chi connectivity index (χ4v) is 6.11. The van der Waals surface area contributed by atoms with Crippen LogP contribution in [-0.2, 0) is 43.2 Å². The number of amides is 3. The normalized spacial score (nSPS) is 18.7. The van der Waals surface area contributed by atoms with Gasteiger partial charge >= 0.3 is 18.0 Å². The second-order valence-electron chi connectivity index (χ2n) is 15.7. The summed E-state index contributed by atoms with van der Waals surface area (Å²) in [5, 5.41) is 7.60. The highest BCUT2D eigenvalue weighted by atomic mass is 35.6. The average Bonchev–Trinajstić information content (AvgIpc) is 3.14. The summed E-state index contributed by atoms with van der Waals surface area (Å²) in [4.78, 5) is 80.8. The van der Waals surface area contributed by atoms with E-state index in [0.29, 0.717) is 50.1 Å². The molecule has 0 aliphatic carbocycles. The Morgan fingerprint density at radius 1 is 1.00 bits per heavy atom. The van der Waals surface area contributed by atoms with Gasteiger partial charge in [-0.25, -0.2) is 15.0 Å². The number of nitrogens with one attached hydrogen (secondary N) is 3. The predicted octanol–water partition coefficient (Wildman–Crippen LogP) is 6.04. The Kier molecular flexibility index (Phi) is 16.0. The summed E-state index contributed by atoms with van der Waals surface area (Å²) in [6.45, 7) is 12.6. The number of ether oxygens (including phenoxy) is 3. The molecule has 3 N–H and O–H groups in total. The van der Waals surface area contributed by atoms with Gasteiger partial charge < -0.3 is 24.8 Å². The largest absolute Gasteiger partial charge is 0.460 e. The summed E-state index contributed by atoms with van der Waals surface area (Å²) >= 11 is 17.0. The van der Waals surface area contributed by atoms with Gasteiger partial charge in [-0.05, 0) is 91.8 Å². The first-order valence-electron chi connectivity index (χ1n) is 18.8. The van der Waals surface area contributed by atoms with Crippen LogP contribution >= 0.6 is 34.8 Å². The summed E-state index contributed by atoms with van der Waals surface area (Å²) in [5.41, 5.74) is 3.09. The molecule has 0 saturated carbocycles. The number of rotatable bonds is 13. The second-order valence-corrected chi connectivity index (χ2v) is 18.2. The first-order chi connectivity index (χ1) is 26.6. The van der Waals surface area contributed by atoms with Crippen LogP contribution in [-0.4, -0.2) is 93.8 Å². The molecular formula is C39H52Cl3N5O10. The lowest BCUT2D eigenvalue weighted by atomic mass is 9.92. The smallest absolute Gasteiger partial charge is 0.408 e. The van der Waals surface area contributed by atoms with Gasteiger partial charge in [0.15, 0.2) is 6.10 Å². The topological polar surface area (TPSA) is 184 Å².